The number of aryl methyl sites for hydroxylation is 1. The van der Waals surface area contributed by atoms with Gasteiger partial charge in [-0.1, -0.05) is 0 Å². The number of anilines is 1. The van der Waals surface area contributed by atoms with E-state index in [1.54, 1.807) is 0 Å². The molecule has 2 saturated heterocycles. The van der Waals surface area contributed by atoms with Crippen molar-refractivity contribution in [1.82, 2.24) is 14.7 Å². The average molecular weight is 326 g/mol. The van der Waals surface area contributed by atoms with Crippen molar-refractivity contribution in [2.24, 2.45) is 0 Å². The highest BCUT2D eigenvalue weighted by Gasteiger charge is 2.42. The number of aromatic nitrogens is 2. The Labute approximate surface area is 141 Å². The van der Waals surface area contributed by atoms with Gasteiger partial charge in [0.25, 0.3) is 0 Å². The first-order valence-electron chi connectivity index (χ1n) is 8.50. The number of aliphatic hydroxyl groups excluding tert-OH is 1. The molecule has 4 rings (SSSR count). The molecule has 2 aliphatic heterocycles. The Kier molecular flexibility index (Phi) is 3.76. The van der Waals surface area contributed by atoms with Gasteiger partial charge in [-0.15, -0.1) is 0 Å². The summed E-state index contributed by atoms with van der Waals surface area (Å²) in [6.45, 7) is 1.95. The zero-order chi connectivity index (χ0) is 16.7. The summed E-state index contributed by atoms with van der Waals surface area (Å²) in [5, 5.41) is 17.2. The lowest BCUT2D eigenvalue weighted by Gasteiger charge is -2.37. The number of hydrogen-bond acceptors (Lipinski definition) is 3. The highest BCUT2D eigenvalue weighted by molar-refractivity contribution is 5.90. The summed E-state index contributed by atoms with van der Waals surface area (Å²) < 4.78 is 1.81. The number of urea groups is 1. The Bertz CT molecular complexity index is 726. The summed E-state index contributed by atoms with van der Waals surface area (Å²) in [4.78, 5) is 14.5. The van der Waals surface area contributed by atoms with Crippen LogP contribution in [0, 0.1) is 6.92 Å². The highest BCUT2D eigenvalue weighted by atomic mass is 16.3. The first kappa shape index (κ1) is 15.2. The van der Waals surface area contributed by atoms with Crippen LogP contribution in [0.4, 0.5) is 10.5 Å². The molecule has 3 heterocycles. The summed E-state index contributed by atoms with van der Waals surface area (Å²) in [5.74, 6) is 0. The van der Waals surface area contributed by atoms with Crippen molar-refractivity contribution in [1.29, 1.82) is 0 Å². The maximum atomic E-state index is 12.6. The zero-order valence-electron chi connectivity index (χ0n) is 13.7. The molecule has 126 valence electrons. The zero-order valence-corrected chi connectivity index (χ0v) is 13.7. The molecule has 2 fully saturated rings. The number of nitrogens with zero attached hydrogens (tertiary/aromatic N) is 3. The van der Waals surface area contributed by atoms with Crippen LogP contribution in [0.3, 0.4) is 0 Å². The minimum absolute atomic E-state index is 0.0583. The molecule has 0 spiro atoms. The summed E-state index contributed by atoms with van der Waals surface area (Å²) in [7, 11) is 0. The SMILES string of the molecule is Cc1ccn(-c2ccc(NC(=O)N3C4CCC3CC(O)C4)cc2)n1. The molecular formula is C18H22N4O2. The van der Waals surface area contributed by atoms with Gasteiger partial charge in [0, 0.05) is 24.0 Å². The number of nitrogens with one attached hydrogen (secondary N) is 1. The maximum absolute atomic E-state index is 12.6. The predicted molar refractivity (Wildman–Crippen MR) is 91.2 cm³/mol. The van der Waals surface area contributed by atoms with Gasteiger partial charge in [0.1, 0.15) is 0 Å². The number of aliphatic hydroxyl groups is 1. The molecule has 6 nitrogen and oxygen atoms in total. The average Bonchev–Trinajstić information content (AvgIpc) is 3.10. The fourth-order valence-electron chi connectivity index (χ4n) is 3.92. The smallest absolute Gasteiger partial charge is 0.322 e. The molecule has 6 heteroatoms. The first-order valence-corrected chi connectivity index (χ1v) is 8.50. The van der Waals surface area contributed by atoms with Crippen molar-refractivity contribution in [2.75, 3.05) is 5.32 Å². The normalized spacial score (nSPS) is 25.8. The number of carbonyl (C=O) groups is 1. The quantitative estimate of drug-likeness (QED) is 0.891. The number of hydrogen-bond donors (Lipinski definition) is 2. The van der Waals surface area contributed by atoms with Crippen molar-refractivity contribution in [3.8, 4) is 5.69 Å². The number of rotatable bonds is 2. The topological polar surface area (TPSA) is 70.4 Å². The first-order chi connectivity index (χ1) is 11.6. The van der Waals surface area contributed by atoms with Gasteiger partial charge in [0.05, 0.1) is 17.5 Å². The maximum Gasteiger partial charge on any atom is 0.322 e. The fourth-order valence-corrected chi connectivity index (χ4v) is 3.92. The van der Waals surface area contributed by atoms with Crippen molar-refractivity contribution in [2.45, 2.75) is 50.8 Å². The van der Waals surface area contributed by atoms with Crippen LogP contribution in [-0.2, 0) is 0 Å². The number of piperidine rings is 1. The molecule has 2 atom stereocenters. The van der Waals surface area contributed by atoms with Crippen molar-refractivity contribution in [3.05, 3.63) is 42.2 Å². The third kappa shape index (κ3) is 2.78. The standard InChI is InChI=1S/C18H22N4O2/c1-12-8-9-21(20-12)14-4-2-13(3-5-14)19-18(24)22-15-6-7-16(22)11-17(23)10-15/h2-5,8-9,15-17,23H,6-7,10-11H2,1H3,(H,19,24). The summed E-state index contributed by atoms with van der Waals surface area (Å²) in [6, 6.07) is 9.91. The van der Waals surface area contributed by atoms with Crippen LogP contribution in [0.2, 0.25) is 0 Å². The lowest BCUT2D eigenvalue weighted by molar-refractivity contribution is 0.0580. The summed E-state index contributed by atoms with van der Waals surface area (Å²) in [6.07, 6.45) is 5.03. The van der Waals surface area contributed by atoms with E-state index < -0.39 is 0 Å². The van der Waals surface area contributed by atoms with Gasteiger partial charge < -0.3 is 15.3 Å². The van der Waals surface area contributed by atoms with Gasteiger partial charge in [0.15, 0.2) is 0 Å². The molecule has 0 saturated carbocycles. The van der Waals surface area contributed by atoms with Crippen molar-refractivity contribution >= 4 is 11.7 Å². The van der Waals surface area contributed by atoms with Gasteiger partial charge >= 0.3 is 6.03 Å². The van der Waals surface area contributed by atoms with Crippen LogP contribution in [0.25, 0.3) is 5.69 Å². The Morgan fingerprint density at radius 2 is 1.83 bits per heavy atom. The molecule has 2 aliphatic rings. The Balaban J connectivity index is 1.45. The second-order valence-corrected chi connectivity index (χ2v) is 6.80. The van der Waals surface area contributed by atoms with E-state index in [9.17, 15) is 9.90 Å². The van der Waals surface area contributed by atoms with E-state index in [4.69, 9.17) is 0 Å². The van der Waals surface area contributed by atoms with Crippen molar-refractivity contribution in [3.63, 3.8) is 0 Å². The van der Waals surface area contributed by atoms with Crippen LogP contribution in [0.5, 0.6) is 0 Å². The molecule has 2 unspecified atom stereocenters. The molecule has 2 N–H and O–H groups in total. The molecule has 0 radical (unpaired) electrons. The molecule has 0 aliphatic carbocycles. The van der Waals surface area contributed by atoms with E-state index in [0.29, 0.717) is 12.8 Å². The van der Waals surface area contributed by atoms with Gasteiger partial charge in [0.2, 0.25) is 0 Å². The molecular weight excluding hydrogens is 304 g/mol. The highest BCUT2D eigenvalue weighted by Crippen LogP contribution is 2.36. The second-order valence-electron chi connectivity index (χ2n) is 6.80. The van der Waals surface area contributed by atoms with Crippen LogP contribution >= 0.6 is 0 Å². The van der Waals surface area contributed by atoms with E-state index in [1.807, 2.05) is 53.0 Å². The Morgan fingerprint density at radius 1 is 1.17 bits per heavy atom. The number of fused-ring (bicyclic) bond motifs is 2. The molecule has 2 amide bonds. The number of carbonyl (C=O) groups excluding carboxylic acids is 1. The molecule has 2 aromatic rings. The van der Waals surface area contributed by atoms with E-state index in [1.165, 1.54) is 0 Å². The Hall–Kier alpha value is -2.34. The van der Waals surface area contributed by atoms with Crippen molar-refractivity contribution < 1.29 is 9.90 Å². The van der Waals surface area contributed by atoms with Gasteiger partial charge in [-0.3, -0.25) is 0 Å². The largest absolute Gasteiger partial charge is 0.393 e. The van der Waals surface area contributed by atoms with Gasteiger partial charge in [-0.2, -0.15) is 5.10 Å². The minimum atomic E-state index is -0.261. The van der Waals surface area contributed by atoms with Gasteiger partial charge in [-0.25, -0.2) is 9.48 Å². The lowest BCUT2D eigenvalue weighted by Crippen LogP contribution is -2.49. The van der Waals surface area contributed by atoms with Crippen LogP contribution in [0.15, 0.2) is 36.5 Å². The van der Waals surface area contributed by atoms with Crippen LogP contribution < -0.4 is 5.32 Å². The predicted octanol–water partition coefficient (Wildman–Crippen LogP) is 2.70. The molecule has 2 bridgehead atoms. The second kappa shape index (κ2) is 5.94. The third-order valence-electron chi connectivity index (χ3n) is 5.05. The fraction of sp³-hybridized carbons (Fsp3) is 0.444. The molecule has 1 aromatic carbocycles. The van der Waals surface area contributed by atoms with E-state index in [2.05, 4.69) is 10.4 Å². The van der Waals surface area contributed by atoms with E-state index in [-0.39, 0.29) is 24.2 Å². The third-order valence-corrected chi connectivity index (χ3v) is 5.05. The van der Waals surface area contributed by atoms with E-state index in [0.717, 1.165) is 29.9 Å². The Morgan fingerprint density at radius 3 is 2.42 bits per heavy atom. The van der Waals surface area contributed by atoms with Gasteiger partial charge in [-0.05, 0) is 62.9 Å². The summed E-state index contributed by atoms with van der Waals surface area (Å²) in [5.41, 5.74) is 2.70. The minimum Gasteiger partial charge on any atom is -0.393 e. The lowest BCUT2D eigenvalue weighted by atomic mass is 10.0. The molecule has 1 aromatic heterocycles. The number of benzene rings is 1. The van der Waals surface area contributed by atoms with E-state index >= 15 is 0 Å². The monoisotopic (exact) mass is 326 g/mol. The number of amides is 2. The van der Waals surface area contributed by atoms with Crippen LogP contribution in [0.1, 0.15) is 31.4 Å². The van der Waals surface area contributed by atoms with Crippen LogP contribution in [-0.4, -0.2) is 44.0 Å². The summed E-state index contributed by atoms with van der Waals surface area (Å²) >= 11 is 0. The molecule has 24 heavy (non-hydrogen) atoms.